The van der Waals surface area contributed by atoms with Crippen LogP contribution in [0.1, 0.15) is 18.4 Å². The number of Topliss-reactive ketones (excluding diaryl/α,β-unsaturated/α-hetero) is 1. The number of hydrogen-bond donors (Lipinski definition) is 1. The highest BCUT2D eigenvalue weighted by Crippen LogP contribution is 2.11. The normalized spacial score (nSPS) is 17.6. The number of carbonyl (C=O) groups is 3. The van der Waals surface area contributed by atoms with E-state index in [9.17, 15) is 14.4 Å². The molecule has 1 heterocycles. The number of ketones is 1. The Hall–Kier alpha value is -1.88. The zero-order valence-corrected chi connectivity index (χ0v) is 11.5. The Morgan fingerprint density at radius 3 is 2.60 bits per heavy atom. The molecule has 1 unspecified atom stereocenters. The van der Waals surface area contributed by atoms with Gasteiger partial charge >= 0.3 is 5.97 Å². The zero-order chi connectivity index (χ0) is 14.5. The van der Waals surface area contributed by atoms with Gasteiger partial charge in [0.15, 0.2) is 0 Å². The van der Waals surface area contributed by atoms with E-state index in [2.05, 4.69) is 5.32 Å². The van der Waals surface area contributed by atoms with E-state index in [-0.39, 0.29) is 18.6 Å². The molecule has 5 nitrogen and oxygen atoms in total. The summed E-state index contributed by atoms with van der Waals surface area (Å²) in [5.41, 5.74) is 0.799. The maximum absolute atomic E-state index is 11.8. The van der Waals surface area contributed by atoms with E-state index in [0.29, 0.717) is 18.1 Å². The summed E-state index contributed by atoms with van der Waals surface area (Å²) in [5, 5.41) is 3.10. The molecule has 1 amide bonds. The van der Waals surface area contributed by atoms with Gasteiger partial charge in [0.25, 0.3) is 0 Å². The van der Waals surface area contributed by atoms with Crippen LogP contribution in [-0.2, 0) is 25.5 Å². The average molecular weight is 296 g/mol. The standard InChI is InChI=1S/C14H14ClNO4/c15-10-3-1-9(2-4-10)7-11(17)8-13(18)16-12-5-6-20-14(12)19/h1-4,12H,5-8H2,(H,16,18). The van der Waals surface area contributed by atoms with E-state index in [4.69, 9.17) is 16.3 Å². The minimum absolute atomic E-state index is 0.166. The van der Waals surface area contributed by atoms with Gasteiger partial charge in [0.2, 0.25) is 5.91 Å². The van der Waals surface area contributed by atoms with Crippen LogP contribution in [0.2, 0.25) is 5.02 Å². The third kappa shape index (κ3) is 4.06. The molecular weight excluding hydrogens is 282 g/mol. The third-order valence-corrected chi connectivity index (χ3v) is 3.19. The van der Waals surface area contributed by atoms with Crippen LogP contribution < -0.4 is 5.32 Å². The van der Waals surface area contributed by atoms with Crippen molar-refractivity contribution in [1.82, 2.24) is 5.32 Å². The van der Waals surface area contributed by atoms with Gasteiger partial charge in [0.05, 0.1) is 13.0 Å². The maximum atomic E-state index is 11.8. The fourth-order valence-electron chi connectivity index (χ4n) is 1.94. The SMILES string of the molecule is O=C(CC(=O)NC1CCOC1=O)Cc1ccc(Cl)cc1. The van der Waals surface area contributed by atoms with Crippen molar-refractivity contribution in [3.63, 3.8) is 0 Å². The number of esters is 1. The van der Waals surface area contributed by atoms with Gasteiger partial charge < -0.3 is 10.1 Å². The molecule has 0 saturated carbocycles. The van der Waals surface area contributed by atoms with E-state index in [1.165, 1.54) is 0 Å². The summed E-state index contributed by atoms with van der Waals surface area (Å²) >= 11 is 5.75. The van der Waals surface area contributed by atoms with Crippen LogP contribution >= 0.6 is 11.6 Å². The van der Waals surface area contributed by atoms with Crippen molar-refractivity contribution in [1.29, 1.82) is 0 Å². The Balaban J connectivity index is 1.80. The Morgan fingerprint density at radius 2 is 2.00 bits per heavy atom. The number of carbonyl (C=O) groups excluding carboxylic acids is 3. The van der Waals surface area contributed by atoms with Crippen LogP contribution in [0.5, 0.6) is 0 Å². The van der Waals surface area contributed by atoms with Gasteiger partial charge in [0.1, 0.15) is 11.8 Å². The first-order valence-electron chi connectivity index (χ1n) is 6.27. The van der Waals surface area contributed by atoms with Crippen LogP contribution in [0.3, 0.4) is 0 Å². The predicted octanol–water partition coefficient (Wildman–Crippen LogP) is 1.27. The highest BCUT2D eigenvalue weighted by molar-refractivity contribution is 6.30. The number of rotatable bonds is 5. The second-order valence-corrected chi connectivity index (χ2v) is 5.03. The smallest absolute Gasteiger partial charge is 0.328 e. The van der Waals surface area contributed by atoms with Crippen molar-refractivity contribution in [3.8, 4) is 0 Å². The first-order valence-corrected chi connectivity index (χ1v) is 6.64. The van der Waals surface area contributed by atoms with Crippen molar-refractivity contribution < 1.29 is 19.1 Å². The average Bonchev–Trinajstić information content (AvgIpc) is 2.77. The first-order chi connectivity index (χ1) is 9.54. The van der Waals surface area contributed by atoms with Crippen LogP contribution in [0.4, 0.5) is 0 Å². The molecular formula is C14H14ClNO4. The molecule has 0 aromatic heterocycles. The van der Waals surface area contributed by atoms with Crippen LogP contribution in [-0.4, -0.2) is 30.3 Å². The zero-order valence-electron chi connectivity index (χ0n) is 10.7. The van der Waals surface area contributed by atoms with Gasteiger partial charge in [-0.1, -0.05) is 23.7 Å². The lowest BCUT2D eigenvalue weighted by atomic mass is 10.1. The van der Waals surface area contributed by atoms with Crippen LogP contribution in [0.15, 0.2) is 24.3 Å². The number of nitrogens with one attached hydrogen (secondary N) is 1. The lowest BCUT2D eigenvalue weighted by Crippen LogP contribution is -2.38. The minimum atomic E-state index is -0.620. The molecule has 0 bridgehead atoms. The van der Waals surface area contributed by atoms with Crippen molar-refractivity contribution >= 4 is 29.3 Å². The summed E-state index contributed by atoms with van der Waals surface area (Å²) in [5.74, 6) is -1.10. The van der Waals surface area contributed by atoms with Gasteiger partial charge in [-0.25, -0.2) is 4.79 Å². The molecule has 1 atom stereocenters. The van der Waals surface area contributed by atoms with Gasteiger partial charge in [0, 0.05) is 17.9 Å². The number of hydrogen-bond acceptors (Lipinski definition) is 4. The molecule has 0 radical (unpaired) electrons. The summed E-state index contributed by atoms with van der Waals surface area (Å²) in [7, 11) is 0. The number of cyclic esters (lactones) is 1. The molecule has 2 rings (SSSR count). The summed E-state index contributed by atoms with van der Waals surface area (Å²) in [6.07, 6.45) is 0.377. The van der Waals surface area contributed by atoms with Crippen LogP contribution in [0.25, 0.3) is 0 Å². The molecule has 0 spiro atoms. The molecule has 1 aromatic carbocycles. The number of benzene rings is 1. The summed E-state index contributed by atoms with van der Waals surface area (Å²) < 4.78 is 4.73. The van der Waals surface area contributed by atoms with Crippen molar-refractivity contribution in [2.75, 3.05) is 6.61 Å². The highest BCUT2D eigenvalue weighted by Gasteiger charge is 2.28. The van der Waals surface area contributed by atoms with Crippen LogP contribution in [0, 0.1) is 0 Å². The topological polar surface area (TPSA) is 72.5 Å². The van der Waals surface area contributed by atoms with Gasteiger partial charge in [-0.2, -0.15) is 0 Å². The molecule has 1 aliphatic rings. The Labute approximate surface area is 121 Å². The largest absolute Gasteiger partial charge is 0.464 e. The quantitative estimate of drug-likeness (QED) is 0.656. The van der Waals surface area contributed by atoms with Crippen molar-refractivity contribution in [2.45, 2.75) is 25.3 Å². The predicted molar refractivity (Wildman–Crippen MR) is 72.3 cm³/mol. The molecule has 6 heteroatoms. The van der Waals surface area contributed by atoms with Crippen molar-refractivity contribution in [3.05, 3.63) is 34.9 Å². The molecule has 1 saturated heterocycles. The molecule has 1 N–H and O–H groups in total. The Kier molecular flexibility index (Phi) is 4.74. The van der Waals surface area contributed by atoms with E-state index < -0.39 is 17.9 Å². The lowest BCUT2D eigenvalue weighted by Gasteiger charge is -2.08. The highest BCUT2D eigenvalue weighted by atomic mass is 35.5. The molecule has 1 aliphatic heterocycles. The van der Waals surface area contributed by atoms with Gasteiger partial charge in [-0.15, -0.1) is 0 Å². The summed E-state index contributed by atoms with van der Waals surface area (Å²) in [4.78, 5) is 34.6. The van der Waals surface area contributed by atoms with E-state index in [0.717, 1.165) is 5.56 Å². The number of ether oxygens (including phenoxy) is 1. The first kappa shape index (κ1) is 14.5. The second kappa shape index (κ2) is 6.52. The maximum Gasteiger partial charge on any atom is 0.328 e. The fraction of sp³-hybridized carbons (Fsp3) is 0.357. The fourth-order valence-corrected chi connectivity index (χ4v) is 2.07. The van der Waals surface area contributed by atoms with E-state index in [1.54, 1.807) is 24.3 Å². The summed E-state index contributed by atoms with van der Waals surface area (Å²) in [6, 6.07) is 6.25. The lowest BCUT2D eigenvalue weighted by molar-refractivity contribution is -0.141. The minimum Gasteiger partial charge on any atom is -0.464 e. The van der Waals surface area contributed by atoms with Gasteiger partial charge in [-0.3, -0.25) is 9.59 Å². The molecule has 1 fully saturated rings. The molecule has 0 aliphatic carbocycles. The molecule has 20 heavy (non-hydrogen) atoms. The Morgan fingerprint density at radius 1 is 1.30 bits per heavy atom. The molecule has 106 valence electrons. The Bertz CT molecular complexity index is 526. The van der Waals surface area contributed by atoms with E-state index in [1.807, 2.05) is 0 Å². The van der Waals surface area contributed by atoms with E-state index >= 15 is 0 Å². The number of amides is 1. The van der Waals surface area contributed by atoms with Gasteiger partial charge in [-0.05, 0) is 17.7 Å². The third-order valence-electron chi connectivity index (χ3n) is 2.94. The summed E-state index contributed by atoms with van der Waals surface area (Å²) in [6.45, 7) is 0.308. The van der Waals surface area contributed by atoms with Crippen molar-refractivity contribution in [2.24, 2.45) is 0 Å². The monoisotopic (exact) mass is 295 g/mol. The molecule has 1 aromatic rings. The number of halogens is 1. The second-order valence-electron chi connectivity index (χ2n) is 4.59.